The highest BCUT2D eigenvalue weighted by Gasteiger charge is 2.36. The van der Waals surface area contributed by atoms with Gasteiger partial charge in [-0.05, 0) is 37.3 Å². The number of amides is 1. The summed E-state index contributed by atoms with van der Waals surface area (Å²) < 4.78 is 5.40. The fourth-order valence-electron chi connectivity index (χ4n) is 2.55. The molecule has 3 heteroatoms. The lowest BCUT2D eigenvalue weighted by Crippen LogP contribution is -2.36. The lowest BCUT2D eigenvalue weighted by atomic mass is 10.0. The molecule has 1 aliphatic heterocycles. The first kappa shape index (κ1) is 10.6. The average Bonchev–Trinajstić information content (AvgIpc) is 3.20. The van der Waals surface area contributed by atoms with Crippen molar-refractivity contribution in [2.45, 2.75) is 25.7 Å². The Hall–Kier alpha value is -1.51. The van der Waals surface area contributed by atoms with Crippen LogP contribution in [-0.2, 0) is 11.2 Å². The highest BCUT2D eigenvalue weighted by molar-refractivity contribution is 5.98. The van der Waals surface area contributed by atoms with Gasteiger partial charge in [-0.3, -0.25) is 4.79 Å². The lowest BCUT2D eigenvalue weighted by molar-refractivity contribution is -0.119. The molecule has 0 bridgehead atoms. The Balaban J connectivity index is 2.01. The van der Waals surface area contributed by atoms with Gasteiger partial charge in [0.2, 0.25) is 5.91 Å². The molecule has 0 N–H and O–H groups in total. The number of rotatable bonds is 2. The molecular weight excluding hydrogens is 214 g/mol. The molecule has 1 aromatic rings. The molecule has 2 aliphatic rings. The van der Waals surface area contributed by atoms with Crippen LogP contribution in [0.1, 0.15) is 24.8 Å². The highest BCUT2D eigenvalue weighted by Crippen LogP contribution is 2.40. The number of carbonyl (C=O) groups is 1. The Morgan fingerprint density at radius 1 is 1.41 bits per heavy atom. The standard InChI is InChI=1S/C14H17NO2/c1-17-12-6-2-4-10-5-3-9-15(13(10)12)14(16)11-7-8-11/h2,4,6,11H,3,5,7-9H2,1H3. The number of aryl methyl sites for hydroxylation is 1. The molecule has 1 heterocycles. The van der Waals surface area contributed by atoms with Crippen LogP contribution >= 0.6 is 0 Å². The van der Waals surface area contributed by atoms with E-state index in [1.54, 1.807) is 7.11 Å². The van der Waals surface area contributed by atoms with E-state index >= 15 is 0 Å². The molecule has 0 radical (unpaired) electrons. The van der Waals surface area contributed by atoms with Crippen LogP contribution in [0.5, 0.6) is 5.75 Å². The zero-order chi connectivity index (χ0) is 11.8. The first-order chi connectivity index (χ1) is 8.31. The van der Waals surface area contributed by atoms with Gasteiger partial charge >= 0.3 is 0 Å². The second-order valence-corrected chi connectivity index (χ2v) is 4.84. The van der Waals surface area contributed by atoms with Crippen molar-refractivity contribution >= 4 is 11.6 Å². The molecule has 0 spiro atoms. The van der Waals surface area contributed by atoms with Crippen LogP contribution in [0.25, 0.3) is 0 Å². The van der Waals surface area contributed by atoms with Crippen LogP contribution in [0.4, 0.5) is 5.69 Å². The van der Waals surface area contributed by atoms with Crippen molar-refractivity contribution in [1.29, 1.82) is 0 Å². The van der Waals surface area contributed by atoms with Gasteiger partial charge in [0.25, 0.3) is 0 Å². The number of hydrogen-bond donors (Lipinski definition) is 0. The molecule has 17 heavy (non-hydrogen) atoms. The molecule has 1 amide bonds. The number of hydrogen-bond acceptors (Lipinski definition) is 2. The van der Waals surface area contributed by atoms with Gasteiger partial charge in [0.1, 0.15) is 5.75 Å². The Morgan fingerprint density at radius 2 is 2.24 bits per heavy atom. The maximum atomic E-state index is 12.3. The molecule has 1 aromatic carbocycles. The van der Waals surface area contributed by atoms with E-state index in [-0.39, 0.29) is 11.8 Å². The van der Waals surface area contributed by atoms with Gasteiger partial charge in [-0.25, -0.2) is 0 Å². The van der Waals surface area contributed by atoms with E-state index in [1.807, 2.05) is 17.0 Å². The lowest BCUT2D eigenvalue weighted by Gasteiger charge is -2.31. The third-order valence-corrected chi connectivity index (χ3v) is 3.59. The zero-order valence-electron chi connectivity index (χ0n) is 10.1. The normalized spacial score (nSPS) is 18.8. The molecule has 0 saturated heterocycles. The summed E-state index contributed by atoms with van der Waals surface area (Å²) in [6.07, 6.45) is 4.21. The van der Waals surface area contributed by atoms with Crippen molar-refractivity contribution in [2.24, 2.45) is 5.92 Å². The van der Waals surface area contributed by atoms with Crippen LogP contribution < -0.4 is 9.64 Å². The molecular formula is C14H17NO2. The number of para-hydroxylation sites is 1. The van der Waals surface area contributed by atoms with Crippen LogP contribution in [0, 0.1) is 5.92 Å². The number of fused-ring (bicyclic) bond motifs is 1. The maximum absolute atomic E-state index is 12.3. The van der Waals surface area contributed by atoms with Gasteiger partial charge in [0.05, 0.1) is 12.8 Å². The highest BCUT2D eigenvalue weighted by atomic mass is 16.5. The first-order valence-electron chi connectivity index (χ1n) is 6.28. The van der Waals surface area contributed by atoms with Gasteiger partial charge in [0.15, 0.2) is 0 Å². The minimum absolute atomic E-state index is 0.269. The Labute approximate surface area is 101 Å². The fraction of sp³-hybridized carbons (Fsp3) is 0.500. The molecule has 0 aromatic heterocycles. The van der Waals surface area contributed by atoms with Crippen molar-refractivity contribution < 1.29 is 9.53 Å². The number of nitrogens with zero attached hydrogens (tertiary/aromatic N) is 1. The molecule has 1 saturated carbocycles. The van der Waals surface area contributed by atoms with Gasteiger partial charge < -0.3 is 9.64 Å². The second kappa shape index (κ2) is 4.06. The second-order valence-electron chi connectivity index (χ2n) is 4.84. The largest absolute Gasteiger partial charge is 0.495 e. The molecule has 1 fully saturated rings. The van der Waals surface area contributed by atoms with E-state index in [0.29, 0.717) is 0 Å². The Kier molecular flexibility index (Phi) is 2.54. The summed E-state index contributed by atoms with van der Waals surface area (Å²) in [5.74, 6) is 1.39. The Bertz CT molecular complexity index is 437. The van der Waals surface area contributed by atoms with E-state index < -0.39 is 0 Å². The average molecular weight is 231 g/mol. The summed E-state index contributed by atoms with van der Waals surface area (Å²) in [4.78, 5) is 14.2. The summed E-state index contributed by atoms with van der Waals surface area (Å²) in [6.45, 7) is 0.836. The van der Waals surface area contributed by atoms with Crippen molar-refractivity contribution in [3.63, 3.8) is 0 Å². The quantitative estimate of drug-likeness (QED) is 0.782. The zero-order valence-corrected chi connectivity index (χ0v) is 10.1. The van der Waals surface area contributed by atoms with Crippen LogP contribution in [0.3, 0.4) is 0 Å². The van der Waals surface area contributed by atoms with Crippen molar-refractivity contribution in [1.82, 2.24) is 0 Å². The number of methoxy groups -OCH3 is 1. The smallest absolute Gasteiger partial charge is 0.230 e. The minimum Gasteiger partial charge on any atom is -0.495 e. The van der Waals surface area contributed by atoms with E-state index in [0.717, 1.165) is 43.7 Å². The van der Waals surface area contributed by atoms with Gasteiger partial charge in [-0.15, -0.1) is 0 Å². The number of carbonyl (C=O) groups excluding carboxylic acids is 1. The van der Waals surface area contributed by atoms with E-state index in [9.17, 15) is 4.79 Å². The van der Waals surface area contributed by atoms with Crippen molar-refractivity contribution in [2.75, 3.05) is 18.6 Å². The SMILES string of the molecule is COc1cccc2c1N(C(=O)C1CC1)CCC2. The first-order valence-corrected chi connectivity index (χ1v) is 6.28. The maximum Gasteiger partial charge on any atom is 0.230 e. The number of anilines is 1. The van der Waals surface area contributed by atoms with E-state index in [1.165, 1.54) is 5.56 Å². The van der Waals surface area contributed by atoms with Gasteiger partial charge in [-0.1, -0.05) is 12.1 Å². The third-order valence-electron chi connectivity index (χ3n) is 3.59. The predicted molar refractivity (Wildman–Crippen MR) is 66.4 cm³/mol. The minimum atomic E-state index is 0.269. The molecule has 0 atom stereocenters. The van der Waals surface area contributed by atoms with Crippen LogP contribution in [-0.4, -0.2) is 19.6 Å². The summed E-state index contributed by atoms with van der Waals surface area (Å²) in [6, 6.07) is 6.05. The third kappa shape index (κ3) is 1.79. The van der Waals surface area contributed by atoms with E-state index in [4.69, 9.17) is 4.74 Å². The molecule has 3 rings (SSSR count). The molecule has 1 aliphatic carbocycles. The van der Waals surface area contributed by atoms with Crippen molar-refractivity contribution in [3.05, 3.63) is 23.8 Å². The van der Waals surface area contributed by atoms with Gasteiger partial charge in [-0.2, -0.15) is 0 Å². The summed E-state index contributed by atoms with van der Waals surface area (Å²) in [7, 11) is 1.67. The van der Waals surface area contributed by atoms with Crippen LogP contribution in [0.15, 0.2) is 18.2 Å². The summed E-state index contributed by atoms with van der Waals surface area (Å²) in [5, 5.41) is 0. The van der Waals surface area contributed by atoms with E-state index in [2.05, 4.69) is 6.07 Å². The monoisotopic (exact) mass is 231 g/mol. The topological polar surface area (TPSA) is 29.5 Å². The molecule has 0 unspecified atom stereocenters. The fourth-order valence-corrected chi connectivity index (χ4v) is 2.55. The Morgan fingerprint density at radius 3 is 2.94 bits per heavy atom. The summed E-state index contributed by atoms with van der Waals surface area (Å²) >= 11 is 0. The molecule has 90 valence electrons. The van der Waals surface area contributed by atoms with Crippen molar-refractivity contribution in [3.8, 4) is 5.75 Å². The summed E-state index contributed by atoms with van der Waals surface area (Å²) in [5.41, 5.74) is 2.25. The van der Waals surface area contributed by atoms with Crippen LogP contribution in [0.2, 0.25) is 0 Å². The van der Waals surface area contributed by atoms with Gasteiger partial charge in [0, 0.05) is 12.5 Å². The number of benzene rings is 1. The molecule has 3 nitrogen and oxygen atoms in total. The number of ether oxygens (including phenoxy) is 1. The predicted octanol–water partition coefficient (Wildman–Crippen LogP) is 2.38.